The summed E-state index contributed by atoms with van der Waals surface area (Å²) in [6.07, 6.45) is 4.53. The number of carbonyl (C=O) groups excluding carboxylic acids is 2. The molecule has 192 valence electrons. The molecule has 4 heterocycles. The van der Waals surface area contributed by atoms with E-state index in [1.807, 2.05) is 28.5 Å². The number of thiophene rings is 1. The second-order valence-corrected chi connectivity index (χ2v) is 11.7. The van der Waals surface area contributed by atoms with E-state index in [4.69, 9.17) is 10.7 Å². The number of primary amides is 1. The first-order chi connectivity index (χ1) is 17.4. The van der Waals surface area contributed by atoms with Gasteiger partial charge in [0.1, 0.15) is 11.3 Å². The van der Waals surface area contributed by atoms with E-state index in [2.05, 4.69) is 29.4 Å². The largest absolute Gasteiger partial charge is 0.366 e. The molecule has 3 aromatic rings. The van der Waals surface area contributed by atoms with Crippen molar-refractivity contribution < 1.29 is 9.59 Å². The highest BCUT2D eigenvalue weighted by Crippen LogP contribution is 2.29. The Kier molecular flexibility index (Phi) is 7.44. The van der Waals surface area contributed by atoms with Crippen LogP contribution in [0.15, 0.2) is 35.7 Å². The molecule has 0 atom stereocenters. The van der Waals surface area contributed by atoms with Crippen LogP contribution in [0.3, 0.4) is 0 Å². The third-order valence-electron chi connectivity index (χ3n) is 7.89. The summed E-state index contributed by atoms with van der Waals surface area (Å²) in [7, 11) is 0. The molecule has 2 saturated heterocycles. The predicted molar refractivity (Wildman–Crippen MR) is 144 cm³/mol. The number of hydrogen-bond donors (Lipinski definition) is 1. The Labute approximate surface area is 217 Å². The molecule has 0 saturated carbocycles. The summed E-state index contributed by atoms with van der Waals surface area (Å²) in [6.45, 7) is 10.4. The molecule has 1 aromatic carbocycles. The number of nitrogens with zero attached hydrogens (tertiary/aromatic N) is 4. The summed E-state index contributed by atoms with van der Waals surface area (Å²) >= 11 is 1.53. The molecule has 2 aromatic heterocycles. The van der Waals surface area contributed by atoms with E-state index < -0.39 is 5.91 Å². The molecule has 2 N–H and O–H groups in total. The lowest BCUT2D eigenvalue weighted by molar-refractivity contribution is 0.0654. The number of carbonyl (C=O) groups is 2. The molecular formula is C28H37N5O2S. The third-order valence-corrected chi connectivity index (χ3v) is 8.75. The van der Waals surface area contributed by atoms with E-state index >= 15 is 0 Å². The molecule has 0 radical (unpaired) electrons. The van der Waals surface area contributed by atoms with Crippen molar-refractivity contribution in [1.29, 1.82) is 0 Å². The third kappa shape index (κ3) is 5.20. The summed E-state index contributed by atoms with van der Waals surface area (Å²) in [4.78, 5) is 34.9. The van der Waals surface area contributed by atoms with Gasteiger partial charge in [0.25, 0.3) is 11.8 Å². The zero-order chi connectivity index (χ0) is 25.2. The van der Waals surface area contributed by atoms with Crippen LogP contribution in [-0.2, 0) is 6.54 Å². The van der Waals surface area contributed by atoms with E-state index in [0.717, 1.165) is 73.8 Å². The second-order valence-electron chi connectivity index (χ2n) is 10.7. The number of aromatic nitrogens is 2. The fourth-order valence-electron chi connectivity index (χ4n) is 5.85. The van der Waals surface area contributed by atoms with Crippen LogP contribution in [-0.4, -0.2) is 63.9 Å². The maximum atomic E-state index is 12.6. The fraction of sp³-hybridized carbons (Fsp3) is 0.536. The number of benzene rings is 1. The maximum Gasteiger partial charge on any atom is 0.263 e. The van der Waals surface area contributed by atoms with Gasteiger partial charge in [-0.15, -0.1) is 11.3 Å². The molecule has 8 heteroatoms. The zero-order valence-electron chi connectivity index (χ0n) is 21.4. The molecule has 5 rings (SSSR count). The first-order valence-electron chi connectivity index (χ1n) is 13.2. The Balaban J connectivity index is 1.15. The summed E-state index contributed by atoms with van der Waals surface area (Å²) in [5.41, 5.74) is 7.88. The molecular weight excluding hydrogens is 470 g/mol. The van der Waals surface area contributed by atoms with E-state index in [9.17, 15) is 9.59 Å². The fourth-order valence-corrected chi connectivity index (χ4v) is 6.54. The molecule has 2 aliphatic rings. The van der Waals surface area contributed by atoms with Crippen molar-refractivity contribution in [1.82, 2.24) is 19.4 Å². The Hall–Kier alpha value is -2.71. The normalized spacial score (nSPS) is 18.4. The van der Waals surface area contributed by atoms with E-state index in [1.165, 1.54) is 24.2 Å². The highest BCUT2D eigenvalue weighted by Gasteiger charge is 2.28. The number of imidazole rings is 1. The maximum absolute atomic E-state index is 12.6. The predicted octanol–water partition coefficient (Wildman–Crippen LogP) is 4.58. The van der Waals surface area contributed by atoms with Crippen molar-refractivity contribution in [3.8, 4) is 0 Å². The molecule has 2 amide bonds. The molecule has 2 fully saturated rings. The van der Waals surface area contributed by atoms with Crippen molar-refractivity contribution in [3.63, 3.8) is 0 Å². The van der Waals surface area contributed by atoms with Gasteiger partial charge in [0.15, 0.2) is 0 Å². The Morgan fingerprint density at radius 3 is 2.33 bits per heavy atom. The first kappa shape index (κ1) is 25.0. The minimum atomic E-state index is -0.421. The number of fused-ring (bicyclic) bond motifs is 1. The molecule has 7 nitrogen and oxygen atoms in total. The van der Waals surface area contributed by atoms with E-state index in [-0.39, 0.29) is 11.8 Å². The van der Waals surface area contributed by atoms with Gasteiger partial charge in [0, 0.05) is 32.1 Å². The SMILES string of the molecule is CC(C)c1nc2c(C(N)=O)cccc2n1CC1CCN(CC2CCN(C(=O)c3cccs3)CC2)CC1. The van der Waals surface area contributed by atoms with Gasteiger partial charge >= 0.3 is 0 Å². The highest BCUT2D eigenvalue weighted by atomic mass is 32.1. The van der Waals surface area contributed by atoms with Crippen LogP contribution in [0.2, 0.25) is 0 Å². The minimum absolute atomic E-state index is 0.194. The van der Waals surface area contributed by atoms with Gasteiger partial charge in [-0.05, 0) is 74.2 Å². The van der Waals surface area contributed by atoms with Gasteiger partial charge in [-0.25, -0.2) is 4.98 Å². The van der Waals surface area contributed by atoms with Gasteiger partial charge in [0.2, 0.25) is 0 Å². The van der Waals surface area contributed by atoms with Crippen LogP contribution < -0.4 is 5.73 Å². The number of amides is 2. The lowest BCUT2D eigenvalue weighted by Gasteiger charge is -2.38. The lowest BCUT2D eigenvalue weighted by atomic mass is 9.92. The van der Waals surface area contributed by atoms with Crippen molar-refractivity contribution in [2.75, 3.05) is 32.7 Å². The zero-order valence-corrected chi connectivity index (χ0v) is 22.2. The summed E-state index contributed by atoms with van der Waals surface area (Å²) in [5.74, 6) is 2.35. The van der Waals surface area contributed by atoms with Crippen molar-refractivity contribution in [2.45, 2.75) is 52.0 Å². The minimum Gasteiger partial charge on any atom is -0.366 e. The average Bonchev–Trinajstić information content (AvgIpc) is 3.54. The van der Waals surface area contributed by atoms with Crippen LogP contribution in [0.5, 0.6) is 0 Å². The van der Waals surface area contributed by atoms with Crippen molar-refractivity contribution in [2.24, 2.45) is 17.6 Å². The molecule has 0 aliphatic carbocycles. The average molecular weight is 508 g/mol. The molecule has 36 heavy (non-hydrogen) atoms. The number of piperidine rings is 2. The Morgan fingerprint density at radius 2 is 1.69 bits per heavy atom. The number of likely N-dealkylation sites (tertiary alicyclic amines) is 2. The van der Waals surface area contributed by atoms with E-state index in [0.29, 0.717) is 17.4 Å². The summed E-state index contributed by atoms with van der Waals surface area (Å²) in [5, 5.41) is 1.97. The van der Waals surface area contributed by atoms with Gasteiger partial charge in [-0.1, -0.05) is 26.0 Å². The monoisotopic (exact) mass is 507 g/mol. The highest BCUT2D eigenvalue weighted by molar-refractivity contribution is 7.12. The summed E-state index contributed by atoms with van der Waals surface area (Å²) in [6, 6.07) is 9.62. The van der Waals surface area contributed by atoms with E-state index in [1.54, 1.807) is 6.07 Å². The second kappa shape index (κ2) is 10.7. The van der Waals surface area contributed by atoms with Crippen molar-refractivity contribution >= 4 is 34.2 Å². The smallest absolute Gasteiger partial charge is 0.263 e. The van der Waals surface area contributed by atoms with Crippen LogP contribution in [0.25, 0.3) is 11.0 Å². The molecule has 0 unspecified atom stereocenters. The Bertz CT molecular complexity index is 1200. The van der Waals surface area contributed by atoms with Crippen LogP contribution in [0.4, 0.5) is 0 Å². The number of hydrogen-bond acceptors (Lipinski definition) is 5. The standard InChI is InChI=1S/C28H37N5O2S/c1-19(2)27-30-25-22(26(29)34)5-3-6-23(25)33(27)18-21-8-12-31(13-9-21)17-20-10-14-32(15-11-20)28(35)24-7-4-16-36-24/h3-7,16,19-21H,8-15,17-18H2,1-2H3,(H2,29,34). The van der Waals surface area contributed by atoms with Gasteiger partial charge in [-0.2, -0.15) is 0 Å². The van der Waals surface area contributed by atoms with Gasteiger partial charge in [-0.3, -0.25) is 9.59 Å². The molecule has 0 spiro atoms. The summed E-state index contributed by atoms with van der Waals surface area (Å²) < 4.78 is 2.33. The van der Waals surface area contributed by atoms with Crippen LogP contribution >= 0.6 is 11.3 Å². The molecule has 2 aliphatic heterocycles. The Morgan fingerprint density at radius 1 is 1.00 bits per heavy atom. The van der Waals surface area contributed by atoms with Crippen molar-refractivity contribution in [3.05, 3.63) is 52.0 Å². The number of para-hydroxylation sites is 1. The quantitative estimate of drug-likeness (QED) is 0.507. The first-order valence-corrected chi connectivity index (χ1v) is 14.1. The number of nitrogens with two attached hydrogens (primary N) is 1. The molecule has 0 bridgehead atoms. The lowest BCUT2D eigenvalue weighted by Crippen LogP contribution is -2.43. The van der Waals surface area contributed by atoms with Gasteiger partial charge < -0.3 is 20.1 Å². The number of rotatable bonds is 7. The van der Waals surface area contributed by atoms with Gasteiger partial charge in [0.05, 0.1) is 16.0 Å². The van der Waals surface area contributed by atoms with Crippen LogP contribution in [0.1, 0.15) is 71.3 Å². The topological polar surface area (TPSA) is 84.5 Å². The van der Waals surface area contributed by atoms with Crippen LogP contribution in [0, 0.1) is 11.8 Å².